The first kappa shape index (κ1) is 10.2. The highest BCUT2D eigenvalue weighted by Crippen LogP contribution is 2.02. The summed E-state index contributed by atoms with van der Waals surface area (Å²) >= 11 is 0. The number of nitrogens with one attached hydrogen (secondary N) is 1. The van der Waals surface area contributed by atoms with E-state index in [1.54, 1.807) is 0 Å². The molecule has 0 aliphatic rings. The number of hydrogen-bond donors (Lipinski definition) is 2. The minimum absolute atomic E-state index is 0.0624. The third-order valence-electron chi connectivity index (χ3n) is 1.95. The highest BCUT2D eigenvalue weighted by molar-refractivity contribution is 5.15. The summed E-state index contributed by atoms with van der Waals surface area (Å²) < 4.78 is 0. The molecule has 0 amide bonds. The monoisotopic (exact) mass is 177 g/mol. The van der Waals surface area contributed by atoms with Crippen LogP contribution in [0.25, 0.3) is 0 Å². The molecule has 13 heavy (non-hydrogen) atoms. The Morgan fingerprint density at radius 3 is 2.54 bits per heavy atom. The molecule has 0 spiro atoms. The first-order valence-corrected chi connectivity index (χ1v) is 4.45. The van der Waals surface area contributed by atoms with Crippen LogP contribution >= 0.6 is 0 Å². The number of rotatable bonds is 5. The lowest BCUT2D eigenvalue weighted by molar-refractivity contribution is 0.245. The van der Waals surface area contributed by atoms with Crippen molar-refractivity contribution in [3.63, 3.8) is 0 Å². The summed E-state index contributed by atoms with van der Waals surface area (Å²) in [6.07, 6.45) is 0.814. The van der Waals surface area contributed by atoms with E-state index < -0.39 is 0 Å². The Bertz CT molecular complexity index is 223. The van der Waals surface area contributed by atoms with Gasteiger partial charge in [-0.1, -0.05) is 30.3 Å². The number of aliphatic hydroxyl groups excluding tert-OH is 1. The van der Waals surface area contributed by atoms with Crippen molar-refractivity contribution >= 4 is 0 Å². The van der Waals surface area contributed by atoms with E-state index in [0.717, 1.165) is 6.42 Å². The lowest BCUT2D eigenvalue weighted by Gasteiger charge is -2.14. The molecule has 0 heterocycles. The zero-order valence-electron chi connectivity index (χ0n) is 7.61. The molecule has 2 heteroatoms. The quantitative estimate of drug-likeness (QED) is 0.700. The van der Waals surface area contributed by atoms with E-state index in [4.69, 9.17) is 12.0 Å². The number of aliphatic hydroxyl groups is 1. The van der Waals surface area contributed by atoms with Gasteiger partial charge in [0.25, 0.3) is 0 Å². The first-order chi connectivity index (χ1) is 6.36. The van der Waals surface area contributed by atoms with Crippen LogP contribution in [0.3, 0.4) is 0 Å². The Morgan fingerprint density at radius 1 is 1.31 bits per heavy atom. The molecule has 0 saturated heterocycles. The smallest absolute Gasteiger partial charge is 0.0587 e. The maximum atomic E-state index is 9.00. The van der Waals surface area contributed by atoms with Gasteiger partial charge in [-0.05, 0) is 25.5 Å². The van der Waals surface area contributed by atoms with E-state index >= 15 is 0 Å². The fourth-order valence-electron chi connectivity index (χ4n) is 1.27. The summed E-state index contributed by atoms with van der Waals surface area (Å²) in [6, 6.07) is 10.1. The maximum absolute atomic E-state index is 9.00. The van der Waals surface area contributed by atoms with Gasteiger partial charge in [0.1, 0.15) is 0 Å². The highest BCUT2D eigenvalue weighted by Gasteiger charge is 2.05. The molecule has 2 radical (unpaired) electrons. The fraction of sp³-hybridized carbons (Fsp3) is 0.364. The summed E-state index contributed by atoms with van der Waals surface area (Å²) in [6.45, 7) is 5.85. The van der Waals surface area contributed by atoms with Crippen LogP contribution in [0.4, 0.5) is 0 Å². The molecule has 2 nitrogen and oxygen atoms in total. The Morgan fingerprint density at radius 2 is 2.00 bits per heavy atom. The lowest BCUT2D eigenvalue weighted by atomic mass is 10.1. The number of benzene rings is 1. The van der Waals surface area contributed by atoms with Crippen molar-refractivity contribution in [2.24, 2.45) is 0 Å². The van der Waals surface area contributed by atoms with E-state index in [-0.39, 0.29) is 12.6 Å². The van der Waals surface area contributed by atoms with Gasteiger partial charge in [-0.2, -0.15) is 0 Å². The van der Waals surface area contributed by atoms with E-state index in [1.807, 2.05) is 30.3 Å². The van der Waals surface area contributed by atoms with Crippen molar-refractivity contribution in [2.75, 3.05) is 13.2 Å². The van der Waals surface area contributed by atoms with Crippen LogP contribution in [0, 0.1) is 6.92 Å². The lowest BCUT2D eigenvalue weighted by Crippen LogP contribution is -2.34. The number of hydrogen-bond acceptors (Lipinski definition) is 2. The van der Waals surface area contributed by atoms with Gasteiger partial charge in [0.2, 0.25) is 0 Å². The predicted octanol–water partition coefficient (Wildman–Crippen LogP) is 0.891. The molecule has 1 aromatic carbocycles. The van der Waals surface area contributed by atoms with Crippen molar-refractivity contribution in [3.8, 4) is 0 Å². The summed E-state index contributed by atoms with van der Waals surface area (Å²) in [5.41, 5.74) is 1.21. The molecule has 1 rings (SSSR count). The molecule has 1 atom stereocenters. The van der Waals surface area contributed by atoms with Crippen LogP contribution in [-0.4, -0.2) is 24.3 Å². The van der Waals surface area contributed by atoms with Crippen molar-refractivity contribution < 1.29 is 5.11 Å². The van der Waals surface area contributed by atoms with Crippen LogP contribution < -0.4 is 5.32 Å². The Balaban J connectivity index is 2.46. The summed E-state index contributed by atoms with van der Waals surface area (Å²) in [5, 5.41) is 12.0. The van der Waals surface area contributed by atoms with Crippen molar-refractivity contribution in [1.29, 1.82) is 0 Å². The second-order valence-electron chi connectivity index (χ2n) is 2.98. The zero-order chi connectivity index (χ0) is 9.52. The van der Waals surface area contributed by atoms with Crippen molar-refractivity contribution in [2.45, 2.75) is 12.5 Å². The average molecular weight is 177 g/mol. The minimum atomic E-state index is 0.0624. The van der Waals surface area contributed by atoms with Gasteiger partial charge in [0.15, 0.2) is 0 Å². The Kier molecular flexibility index (Phi) is 4.50. The van der Waals surface area contributed by atoms with Crippen molar-refractivity contribution in [3.05, 3.63) is 42.8 Å². The molecular weight excluding hydrogens is 162 g/mol. The topological polar surface area (TPSA) is 32.3 Å². The molecule has 0 fully saturated rings. The third kappa shape index (κ3) is 3.57. The van der Waals surface area contributed by atoms with Crippen LogP contribution in [0.1, 0.15) is 5.56 Å². The standard InChI is InChI=1S/C11H15NO/c1-2-12-11(9-13)8-10-6-4-3-5-7-10/h1,3-7,11-13H,2,8-9H2/t11-/m1/s1. The van der Waals surface area contributed by atoms with Gasteiger partial charge >= 0.3 is 0 Å². The highest BCUT2D eigenvalue weighted by atomic mass is 16.3. The molecule has 0 aromatic heterocycles. The van der Waals surface area contributed by atoms with Gasteiger partial charge in [0, 0.05) is 6.04 Å². The molecule has 2 N–H and O–H groups in total. The first-order valence-electron chi connectivity index (χ1n) is 4.45. The molecule has 70 valence electrons. The van der Waals surface area contributed by atoms with E-state index in [0.29, 0.717) is 6.54 Å². The molecule has 0 unspecified atom stereocenters. The van der Waals surface area contributed by atoms with Crippen molar-refractivity contribution in [1.82, 2.24) is 5.32 Å². The van der Waals surface area contributed by atoms with E-state index in [9.17, 15) is 0 Å². The van der Waals surface area contributed by atoms with Crippen LogP contribution in [0.2, 0.25) is 0 Å². The molecular formula is C11H15NO. The SMILES string of the molecule is [CH]CN[C@@H](CO)Cc1ccccc1. The zero-order valence-corrected chi connectivity index (χ0v) is 7.61. The van der Waals surface area contributed by atoms with Gasteiger partial charge in [-0.3, -0.25) is 0 Å². The molecule has 0 aliphatic carbocycles. The van der Waals surface area contributed by atoms with Crippen LogP contribution in [0.5, 0.6) is 0 Å². The van der Waals surface area contributed by atoms with E-state index in [2.05, 4.69) is 5.32 Å². The molecule has 1 aromatic rings. The van der Waals surface area contributed by atoms with E-state index in [1.165, 1.54) is 5.56 Å². The van der Waals surface area contributed by atoms with Crippen LogP contribution in [-0.2, 0) is 6.42 Å². The summed E-state index contributed by atoms with van der Waals surface area (Å²) in [7, 11) is 0. The largest absolute Gasteiger partial charge is 0.395 e. The summed E-state index contributed by atoms with van der Waals surface area (Å²) in [4.78, 5) is 0. The van der Waals surface area contributed by atoms with Gasteiger partial charge < -0.3 is 10.4 Å². The third-order valence-corrected chi connectivity index (χ3v) is 1.95. The van der Waals surface area contributed by atoms with Gasteiger partial charge in [-0.25, -0.2) is 0 Å². The minimum Gasteiger partial charge on any atom is -0.395 e. The Labute approximate surface area is 79.6 Å². The molecule has 0 saturated carbocycles. The normalized spacial score (nSPS) is 12.8. The maximum Gasteiger partial charge on any atom is 0.0587 e. The predicted molar refractivity (Wildman–Crippen MR) is 53.3 cm³/mol. The second-order valence-corrected chi connectivity index (χ2v) is 2.98. The molecule has 0 aliphatic heterocycles. The Hall–Kier alpha value is -0.860. The summed E-state index contributed by atoms with van der Waals surface area (Å²) in [5.74, 6) is 0. The van der Waals surface area contributed by atoms with Gasteiger partial charge in [-0.15, -0.1) is 0 Å². The average Bonchev–Trinajstić information content (AvgIpc) is 2.19. The molecule has 0 bridgehead atoms. The van der Waals surface area contributed by atoms with Crippen LogP contribution in [0.15, 0.2) is 30.3 Å². The fourth-order valence-corrected chi connectivity index (χ4v) is 1.27. The van der Waals surface area contributed by atoms with Gasteiger partial charge in [0.05, 0.1) is 6.61 Å². The second kappa shape index (κ2) is 5.73.